The molecular weight excluding hydrogens is 442 g/mol. The molecule has 0 aliphatic rings. The average molecular weight is 464 g/mol. The van der Waals surface area contributed by atoms with Crippen molar-refractivity contribution in [3.05, 3.63) is 94.0 Å². The molecule has 0 aromatic heterocycles. The van der Waals surface area contributed by atoms with E-state index in [2.05, 4.69) is 22.0 Å². The number of carbonyl (C=O) groups is 1. The summed E-state index contributed by atoms with van der Waals surface area (Å²) in [7, 11) is 3.20. The molecule has 3 aromatic rings. The van der Waals surface area contributed by atoms with Crippen LogP contribution in [0.25, 0.3) is 0 Å². The van der Waals surface area contributed by atoms with E-state index in [1.807, 2.05) is 48.5 Å². The van der Waals surface area contributed by atoms with Crippen molar-refractivity contribution in [1.82, 2.24) is 0 Å². The smallest absolute Gasteiger partial charge is 0.163 e. The molecule has 0 unspecified atom stereocenters. The van der Waals surface area contributed by atoms with Gasteiger partial charge < -0.3 is 9.47 Å². The minimum atomic E-state index is -0.464. The lowest BCUT2D eigenvalue weighted by molar-refractivity contribution is 0.0971. The van der Waals surface area contributed by atoms with Gasteiger partial charge in [-0.2, -0.15) is 5.26 Å². The largest absolute Gasteiger partial charge is 0.497 e. The Morgan fingerprint density at radius 2 is 1.37 bits per heavy atom. The molecule has 2 atom stereocenters. The minimum absolute atomic E-state index is 0.0177. The van der Waals surface area contributed by atoms with Gasteiger partial charge in [0.1, 0.15) is 11.5 Å². The second-order valence-corrected chi connectivity index (χ2v) is 7.81. The molecular formula is C25H22BrNO3. The number of nitrogens with zero attached hydrogens (tertiary/aromatic N) is 1. The van der Waals surface area contributed by atoms with Gasteiger partial charge in [-0.25, -0.2) is 0 Å². The van der Waals surface area contributed by atoms with E-state index < -0.39 is 5.92 Å². The highest BCUT2D eigenvalue weighted by Crippen LogP contribution is 2.37. The Morgan fingerprint density at radius 3 is 1.87 bits per heavy atom. The van der Waals surface area contributed by atoms with E-state index in [1.165, 1.54) is 0 Å². The van der Waals surface area contributed by atoms with Gasteiger partial charge in [-0.1, -0.05) is 40.2 Å². The van der Waals surface area contributed by atoms with Crippen molar-refractivity contribution < 1.29 is 14.3 Å². The number of rotatable bonds is 8. The summed E-state index contributed by atoms with van der Waals surface area (Å²) in [5.41, 5.74) is 2.40. The van der Waals surface area contributed by atoms with Crippen LogP contribution in [0.1, 0.15) is 39.7 Å². The number of Topliss-reactive ketones (excluding diaryl/α,β-unsaturated/α-hetero) is 1. The second kappa shape index (κ2) is 10.1. The zero-order valence-electron chi connectivity index (χ0n) is 16.8. The van der Waals surface area contributed by atoms with Gasteiger partial charge in [0.05, 0.1) is 26.2 Å². The Bertz CT molecular complexity index is 1020. The van der Waals surface area contributed by atoms with Crippen molar-refractivity contribution in [3.8, 4) is 17.6 Å². The fraction of sp³-hybridized carbons (Fsp3) is 0.200. The summed E-state index contributed by atoms with van der Waals surface area (Å²) in [6.45, 7) is 0. The van der Waals surface area contributed by atoms with E-state index in [1.54, 1.807) is 38.5 Å². The van der Waals surface area contributed by atoms with Crippen LogP contribution in [-0.4, -0.2) is 20.0 Å². The van der Waals surface area contributed by atoms with Crippen molar-refractivity contribution in [1.29, 1.82) is 5.26 Å². The van der Waals surface area contributed by atoms with Crippen LogP contribution in [0.4, 0.5) is 0 Å². The van der Waals surface area contributed by atoms with E-state index in [9.17, 15) is 10.1 Å². The Balaban J connectivity index is 1.96. The Morgan fingerprint density at radius 1 is 0.867 bits per heavy atom. The summed E-state index contributed by atoms with van der Waals surface area (Å²) >= 11 is 3.44. The number of methoxy groups -OCH3 is 2. The van der Waals surface area contributed by atoms with Crippen LogP contribution in [0.5, 0.6) is 11.5 Å². The van der Waals surface area contributed by atoms with E-state index in [4.69, 9.17) is 9.47 Å². The molecule has 0 amide bonds. The maximum absolute atomic E-state index is 13.1. The molecule has 0 bridgehead atoms. The van der Waals surface area contributed by atoms with Crippen molar-refractivity contribution in [2.24, 2.45) is 0 Å². The molecule has 0 radical (unpaired) electrons. The molecule has 0 saturated heterocycles. The molecule has 3 aromatic carbocycles. The molecule has 4 nitrogen and oxygen atoms in total. The Kier molecular flexibility index (Phi) is 7.26. The normalized spacial score (nSPS) is 12.5. The summed E-state index contributed by atoms with van der Waals surface area (Å²) in [6, 6.07) is 24.7. The zero-order valence-corrected chi connectivity index (χ0v) is 18.4. The van der Waals surface area contributed by atoms with Crippen LogP contribution in [-0.2, 0) is 0 Å². The van der Waals surface area contributed by atoms with Gasteiger partial charge in [-0.05, 0) is 59.7 Å². The number of benzene rings is 3. The van der Waals surface area contributed by atoms with Gasteiger partial charge >= 0.3 is 0 Å². The summed E-state index contributed by atoms with van der Waals surface area (Å²) in [6.07, 6.45) is 0.215. The van der Waals surface area contributed by atoms with Gasteiger partial charge in [-0.3, -0.25) is 4.79 Å². The standard InChI is InChI=1S/C25H22BrNO3/c1-29-21-11-5-17(6-12-21)23(24(16-27)18-3-9-20(26)10-4-18)15-25(28)19-7-13-22(30-2)14-8-19/h3-14,23-24H,15H2,1-2H3/t23-,24+/m0/s1. The topological polar surface area (TPSA) is 59.3 Å². The minimum Gasteiger partial charge on any atom is -0.497 e. The number of hydrogen-bond acceptors (Lipinski definition) is 4. The fourth-order valence-corrected chi connectivity index (χ4v) is 3.71. The van der Waals surface area contributed by atoms with Gasteiger partial charge in [0, 0.05) is 22.4 Å². The van der Waals surface area contributed by atoms with Crippen LogP contribution in [0.15, 0.2) is 77.3 Å². The predicted molar refractivity (Wildman–Crippen MR) is 120 cm³/mol. The third kappa shape index (κ3) is 5.08. The van der Waals surface area contributed by atoms with Crippen LogP contribution in [0.2, 0.25) is 0 Å². The summed E-state index contributed by atoms with van der Waals surface area (Å²) < 4.78 is 11.4. The zero-order chi connectivity index (χ0) is 21.5. The van der Waals surface area contributed by atoms with Crippen LogP contribution in [0, 0.1) is 11.3 Å². The molecule has 0 aliphatic heterocycles. The number of hydrogen-bond donors (Lipinski definition) is 0. The van der Waals surface area contributed by atoms with Crippen LogP contribution in [0.3, 0.4) is 0 Å². The molecule has 0 spiro atoms. The third-order valence-electron chi connectivity index (χ3n) is 5.13. The van der Waals surface area contributed by atoms with Crippen LogP contribution < -0.4 is 9.47 Å². The molecule has 0 N–H and O–H groups in total. The quantitative estimate of drug-likeness (QED) is 0.377. The number of carbonyl (C=O) groups excluding carboxylic acids is 1. The van der Waals surface area contributed by atoms with E-state index >= 15 is 0 Å². The van der Waals surface area contributed by atoms with Crippen LogP contribution >= 0.6 is 15.9 Å². The number of ether oxygens (including phenoxy) is 2. The first-order chi connectivity index (χ1) is 14.5. The fourth-order valence-electron chi connectivity index (χ4n) is 3.44. The molecule has 5 heteroatoms. The molecule has 0 aliphatic carbocycles. The number of nitriles is 1. The average Bonchev–Trinajstić information content (AvgIpc) is 2.80. The first kappa shape index (κ1) is 21.6. The molecule has 3 rings (SSSR count). The molecule has 30 heavy (non-hydrogen) atoms. The van der Waals surface area contributed by atoms with E-state index in [0.717, 1.165) is 21.3 Å². The van der Waals surface area contributed by atoms with Crippen molar-refractivity contribution >= 4 is 21.7 Å². The molecule has 152 valence electrons. The van der Waals surface area contributed by atoms with Crippen molar-refractivity contribution in [2.45, 2.75) is 18.3 Å². The monoisotopic (exact) mass is 463 g/mol. The lowest BCUT2D eigenvalue weighted by Gasteiger charge is -2.23. The van der Waals surface area contributed by atoms with E-state index in [0.29, 0.717) is 11.3 Å². The highest BCUT2D eigenvalue weighted by Gasteiger charge is 2.28. The molecule has 0 saturated carbocycles. The van der Waals surface area contributed by atoms with Crippen molar-refractivity contribution in [2.75, 3.05) is 14.2 Å². The van der Waals surface area contributed by atoms with Gasteiger partial charge in [-0.15, -0.1) is 0 Å². The maximum atomic E-state index is 13.1. The lowest BCUT2D eigenvalue weighted by Crippen LogP contribution is -2.15. The summed E-state index contributed by atoms with van der Waals surface area (Å²) in [4.78, 5) is 13.1. The van der Waals surface area contributed by atoms with Gasteiger partial charge in [0.25, 0.3) is 0 Å². The number of halogens is 1. The molecule has 0 fully saturated rings. The lowest BCUT2D eigenvalue weighted by atomic mass is 9.78. The summed E-state index contributed by atoms with van der Waals surface area (Å²) in [5, 5.41) is 10.0. The first-order valence-corrected chi connectivity index (χ1v) is 10.3. The summed E-state index contributed by atoms with van der Waals surface area (Å²) in [5.74, 6) is 0.653. The maximum Gasteiger partial charge on any atom is 0.163 e. The number of ketones is 1. The SMILES string of the molecule is COc1ccc(C(=O)C[C@@H](c2ccc(OC)cc2)[C@H](C#N)c2ccc(Br)cc2)cc1. The third-order valence-corrected chi connectivity index (χ3v) is 5.66. The predicted octanol–water partition coefficient (Wildman–Crippen LogP) is 6.13. The van der Waals surface area contributed by atoms with Gasteiger partial charge in [0.15, 0.2) is 5.78 Å². The highest BCUT2D eigenvalue weighted by molar-refractivity contribution is 9.10. The highest BCUT2D eigenvalue weighted by atomic mass is 79.9. The van der Waals surface area contributed by atoms with Gasteiger partial charge in [0.2, 0.25) is 0 Å². The van der Waals surface area contributed by atoms with Crippen molar-refractivity contribution in [3.63, 3.8) is 0 Å². The van der Waals surface area contributed by atoms with E-state index in [-0.39, 0.29) is 18.1 Å². The Labute approximate surface area is 185 Å². The second-order valence-electron chi connectivity index (χ2n) is 6.89. The Hall–Kier alpha value is -3.10. The molecule has 0 heterocycles. The first-order valence-electron chi connectivity index (χ1n) is 9.52.